The second-order valence-electron chi connectivity index (χ2n) is 10.8. The molecule has 0 bridgehead atoms. The SMILES string of the molecule is CC1(C[C@H](NC(c2ccc(C(=O)[C@@H]3CCCN3CCO)cc2)C(F)(F)F)C(=O)NC2(C#N)CC2)CC1. The van der Waals surface area contributed by atoms with Gasteiger partial charge in [-0.3, -0.25) is 19.8 Å². The third-order valence-electron chi connectivity index (χ3n) is 7.72. The molecule has 2 aliphatic carbocycles. The van der Waals surface area contributed by atoms with Crippen molar-refractivity contribution in [3.8, 4) is 6.07 Å². The highest BCUT2D eigenvalue weighted by molar-refractivity contribution is 6.00. The van der Waals surface area contributed by atoms with E-state index in [1.54, 1.807) is 0 Å². The maximum Gasteiger partial charge on any atom is 0.407 e. The van der Waals surface area contributed by atoms with Crippen LogP contribution in [0.1, 0.15) is 73.8 Å². The molecule has 3 atom stereocenters. The van der Waals surface area contributed by atoms with Crippen molar-refractivity contribution in [3.63, 3.8) is 0 Å². The molecule has 1 aliphatic heterocycles. The lowest BCUT2D eigenvalue weighted by Crippen LogP contribution is -2.52. The van der Waals surface area contributed by atoms with Gasteiger partial charge in [0.05, 0.1) is 24.8 Å². The number of amides is 1. The van der Waals surface area contributed by atoms with Crippen LogP contribution in [0.15, 0.2) is 24.3 Å². The number of nitrogens with zero attached hydrogens (tertiary/aromatic N) is 2. The minimum Gasteiger partial charge on any atom is -0.395 e. The monoisotopic (exact) mass is 506 g/mol. The molecule has 0 aromatic heterocycles. The van der Waals surface area contributed by atoms with Crippen LogP contribution in [0.4, 0.5) is 13.2 Å². The normalized spacial score (nSPS) is 23.9. The molecule has 1 heterocycles. The smallest absolute Gasteiger partial charge is 0.395 e. The molecule has 2 saturated carbocycles. The van der Waals surface area contributed by atoms with Crippen LogP contribution in [0.2, 0.25) is 0 Å². The van der Waals surface area contributed by atoms with E-state index in [4.69, 9.17) is 0 Å². The summed E-state index contributed by atoms with van der Waals surface area (Å²) in [6, 6.07) is 3.83. The van der Waals surface area contributed by atoms with E-state index in [9.17, 15) is 33.1 Å². The lowest BCUT2D eigenvalue weighted by Gasteiger charge is -2.29. The highest BCUT2D eigenvalue weighted by Crippen LogP contribution is 2.49. The lowest BCUT2D eigenvalue weighted by molar-refractivity contribution is -0.161. The average Bonchev–Trinajstić information content (AvgIpc) is 3.73. The zero-order valence-corrected chi connectivity index (χ0v) is 20.4. The van der Waals surface area contributed by atoms with Gasteiger partial charge >= 0.3 is 6.18 Å². The number of ketones is 1. The number of Topliss-reactive ketones (excluding diaryl/α,β-unsaturated/α-hetero) is 1. The van der Waals surface area contributed by atoms with Gasteiger partial charge in [0.2, 0.25) is 5.91 Å². The Morgan fingerprint density at radius 3 is 2.42 bits per heavy atom. The predicted molar refractivity (Wildman–Crippen MR) is 126 cm³/mol. The largest absolute Gasteiger partial charge is 0.407 e. The molecule has 3 aliphatic rings. The molecule has 3 N–H and O–H groups in total. The number of benzene rings is 1. The minimum absolute atomic E-state index is 0.0646. The van der Waals surface area contributed by atoms with Crippen molar-refractivity contribution in [2.24, 2.45) is 5.41 Å². The van der Waals surface area contributed by atoms with Crippen LogP contribution >= 0.6 is 0 Å². The minimum atomic E-state index is -4.68. The molecule has 1 aromatic carbocycles. The Balaban J connectivity index is 1.52. The number of nitrogens with one attached hydrogen (secondary N) is 2. The molecule has 7 nitrogen and oxygen atoms in total. The van der Waals surface area contributed by atoms with Crippen LogP contribution in [-0.2, 0) is 4.79 Å². The van der Waals surface area contributed by atoms with Crippen molar-refractivity contribution >= 4 is 11.7 Å². The van der Waals surface area contributed by atoms with Crippen molar-refractivity contribution in [2.45, 2.75) is 81.7 Å². The maximum absolute atomic E-state index is 14.2. The summed E-state index contributed by atoms with van der Waals surface area (Å²) in [5, 5.41) is 23.7. The summed E-state index contributed by atoms with van der Waals surface area (Å²) in [5.74, 6) is -0.761. The molecule has 1 saturated heterocycles. The number of halogens is 3. The summed E-state index contributed by atoms with van der Waals surface area (Å²) in [4.78, 5) is 27.8. The number of likely N-dealkylation sites (tertiary alicyclic amines) is 1. The van der Waals surface area contributed by atoms with Crippen LogP contribution in [0, 0.1) is 16.7 Å². The third kappa shape index (κ3) is 6.07. The van der Waals surface area contributed by atoms with Crippen molar-refractivity contribution in [1.29, 1.82) is 5.26 Å². The fraction of sp³-hybridized carbons (Fsp3) is 0.654. The maximum atomic E-state index is 14.2. The van der Waals surface area contributed by atoms with Crippen molar-refractivity contribution in [2.75, 3.05) is 19.7 Å². The first-order valence-corrected chi connectivity index (χ1v) is 12.5. The number of alkyl halides is 3. The molecule has 36 heavy (non-hydrogen) atoms. The Bertz CT molecular complexity index is 1010. The summed E-state index contributed by atoms with van der Waals surface area (Å²) >= 11 is 0. The van der Waals surface area contributed by atoms with Gasteiger partial charge in [0.15, 0.2) is 5.78 Å². The molecule has 0 spiro atoms. The Kier molecular flexibility index (Phi) is 7.47. The van der Waals surface area contributed by atoms with Crippen molar-refractivity contribution in [1.82, 2.24) is 15.5 Å². The summed E-state index contributed by atoms with van der Waals surface area (Å²) < 4.78 is 42.6. The van der Waals surface area contributed by atoms with E-state index >= 15 is 0 Å². The summed E-state index contributed by atoms with van der Waals surface area (Å²) in [5.41, 5.74) is -0.940. The third-order valence-corrected chi connectivity index (χ3v) is 7.72. The van der Waals surface area contributed by atoms with E-state index in [0.717, 1.165) is 19.3 Å². The molecule has 3 fully saturated rings. The fourth-order valence-corrected chi connectivity index (χ4v) is 4.98. The first kappa shape index (κ1) is 26.6. The Morgan fingerprint density at radius 1 is 1.22 bits per heavy atom. The molecule has 1 aromatic rings. The fourth-order valence-electron chi connectivity index (χ4n) is 4.98. The van der Waals surface area contributed by atoms with E-state index in [2.05, 4.69) is 16.7 Å². The van der Waals surface area contributed by atoms with Crippen LogP contribution in [0.3, 0.4) is 0 Å². The second kappa shape index (κ2) is 10.1. The van der Waals surface area contributed by atoms with Gasteiger partial charge in [0.25, 0.3) is 0 Å². The van der Waals surface area contributed by atoms with Crippen LogP contribution in [0.5, 0.6) is 0 Å². The first-order valence-electron chi connectivity index (χ1n) is 12.5. The number of aliphatic hydroxyl groups excluding tert-OH is 1. The molecule has 1 amide bonds. The predicted octanol–water partition coefficient (Wildman–Crippen LogP) is 3.25. The number of rotatable bonds is 11. The quantitative estimate of drug-likeness (QED) is 0.398. The highest BCUT2D eigenvalue weighted by atomic mass is 19.4. The zero-order valence-electron chi connectivity index (χ0n) is 20.4. The van der Waals surface area contributed by atoms with Gasteiger partial charge in [-0.2, -0.15) is 18.4 Å². The van der Waals surface area contributed by atoms with Crippen molar-refractivity contribution < 1.29 is 27.9 Å². The van der Waals surface area contributed by atoms with Crippen LogP contribution in [-0.4, -0.2) is 65.2 Å². The molecule has 10 heteroatoms. The number of carbonyl (C=O) groups excluding carboxylic acids is 2. The van der Waals surface area contributed by atoms with Gasteiger partial charge in [-0.25, -0.2) is 0 Å². The molecule has 0 radical (unpaired) electrons. The van der Waals surface area contributed by atoms with Gasteiger partial charge in [-0.1, -0.05) is 31.2 Å². The highest BCUT2D eigenvalue weighted by Gasteiger charge is 2.50. The Morgan fingerprint density at radius 2 is 1.89 bits per heavy atom. The van der Waals surface area contributed by atoms with Crippen LogP contribution < -0.4 is 10.6 Å². The number of carbonyl (C=O) groups is 2. The molecular formula is C26H33F3N4O3. The number of β-amino-alcohol motifs (C(OH)–C–C–N with tert-alkyl or cyclic N) is 1. The molecule has 1 unspecified atom stereocenters. The Labute approximate surface area is 209 Å². The second-order valence-corrected chi connectivity index (χ2v) is 10.8. The number of hydrogen-bond acceptors (Lipinski definition) is 6. The van der Waals surface area contributed by atoms with Gasteiger partial charge in [-0.15, -0.1) is 0 Å². The topological polar surface area (TPSA) is 105 Å². The summed E-state index contributed by atoms with van der Waals surface area (Å²) in [6.45, 7) is 2.96. The number of hydrogen-bond donors (Lipinski definition) is 3. The van der Waals surface area contributed by atoms with Gasteiger partial charge < -0.3 is 10.4 Å². The van der Waals surface area contributed by atoms with Gasteiger partial charge in [0, 0.05) is 12.1 Å². The number of nitriles is 1. The average molecular weight is 507 g/mol. The first-order chi connectivity index (χ1) is 17.0. The van der Waals surface area contributed by atoms with Crippen LogP contribution in [0.25, 0.3) is 0 Å². The summed E-state index contributed by atoms with van der Waals surface area (Å²) in [7, 11) is 0. The lowest BCUT2D eigenvalue weighted by atomic mass is 9.95. The zero-order chi connectivity index (χ0) is 26.1. The molecule has 196 valence electrons. The standard InChI is InChI=1S/C26H33F3N4O3/c1-24(8-9-24)15-19(23(36)32-25(16-30)10-11-25)31-22(26(27,28)29)18-6-4-17(5-7-18)21(35)20-3-2-12-33(20)13-14-34/h4-7,19-20,22,31,34H,2-3,8-15H2,1H3,(H,32,36)/t19-,20-,22?/m0/s1. The van der Waals surface area contributed by atoms with Crippen molar-refractivity contribution in [3.05, 3.63) is 35.4 Å². The summed E-state index contributed by atoms with van der Waals surface area (Å²) in [6.07, 6.45) is -0.302. The van der Waals surface area contributed by atoms with E-state index < -0.39 is 29.7 Å². The molecular weight excluding hydrogens is 473 g/mol. The van der Waals surface area contributed by atoms with E-state index in [1.807, 2.05) is 11.8 Å². The van der Waals surface area contributed by atoms with E-state index in [0.29, 0.717) is 37.9 Å². The van der Waals surface area contributed by atoms with Gasteiger partial charge in [-0.05, 0) is 62.5 Å². The Hall–Kier alpha value is -2.48. The van der Waals surface area contributed by atoms with Gasteiger partial charge in [0.1, 0.15) is 11.6 Å². The van der Waals surface area contributed by atoms with E-state index in [1.165, 1.54) is 24.3 Å². The van der Waals surface area contributed by atoms with E-state index in [-0.39, 0.29) is 35.8 Å². The molecule has 4 rings (SSSR count). The number of aliphatic hydroxyl groups is 1.